The molecule has 1 heterocycles. The molecule has 154 valence electrons. The quantitative estimate of drug-likeness (QED) is 0.577. The third kappa shape index (κ3) is 4.17. The molecule has 0 spiro atoms. The van der Waals surface area contributed by atoms with Gasteiger partial charge < -0.3 is 9.64 Å². The molecule has 0 bridgehead atoms. The van der Waals surface area contributed by atoms with Gasteiger partial charge in [0.25, 0.3) is 5.91 Å². The van der Waals surface area contributed by atoms with Gasteiger partial charge in [-0.3, -0.25) is 4.79 Å². The molecule has 0 radical (unpaired) electrons. The molecular formula is C22H17ClFNO4S. The molecule has 8 heteroatoms. The second-order valence-corrected chi connectivity index (χ2v) is 9.58. The highest BCUT2D eigenvalue weighted by Gasteiger charge is 2.40. The molecule has 1 aliphatic rings. The lowest BCUT2D eigenvalue weighted by Gasteiger charge is -2.38. The summed E-state index contributed by atoms with van der Waals surface area (Å²) >= 11 is 5.82. The van der Waals surface area contributed by atoms with Crippen molar-refractivity contribution >= 4 is 27.3 Å². The van der Waals surface area contributed by atoms with Crippen LogP contribution in [0.5, 0.6) is 11.5 Å². The van der Waals surface area contributed by atoms with Crippen molar-refractivity contribution in [3.63, 3.8) is 0 Å². The summed E-state index contributed by atoms with van der Waals surface area (Å²) in [7, 11) is -3.53. The number of halogens is 2. The summed E-state index contributed by atoms with van der Waals surface area (Å²) in [6.45, 7) is 0.236. The van der Waals surface area contributed by atoms with Crippen molar-refractivity contribution in [2.75, 3.05) is 13.1 Å². The number of amides is 1. The minimum atomic E-state index is -3.53. The molecule has 1 aliphatic heterocycles. The van der Waals surface area contributed by atoms with E-state index in [2.05, 4.69) is 0 Å². The molecule has 0 N–H and O–H groups in total. The first-order valence-corrected chi connectivity index (χ1v) is 11.1. The van der Waals surface area contributed by atoms with Gasteiger partial charge in [-0.2, -0.15) is 0 Å². The van der Waals surface area contributed by atoms with Crippen molar-refractivity contribution in [3.05, 3.63) is 89.2 Å². The van der Waals surface area contributed by atoms with Gasteiger partial charge in [-0.05, 0) is 66.7 Å². The third-order valence-corrected chi connectivity index (χ3v) is 7.20. The fourth-order valence-corrected chi connectivity index (χ4v) is 4.91. The maximum absolute atomic E-state index is 13.0. The molecule has 0 atom stereocenters. The van der Waals surface area contributed by atoms with Gasteiger partial charge in [-0.15, -0.1) is 0 Å². The number of hydrogen-bond donors (Lipinski definition) is 0. The highest BCUT2D eigenvalue weighted by Crippen LogP contribution is 2.28. The van der Waals surface area contributed by atoms with Crippen molar-refractivity contribution in [2.45, 2.75) is 10.1 Å². The van der Waals surface area contributed by atoms with E-state index in [1.165, 1.54) is 53.4 Å². The number of benzene rings is 3. The van der Waals surface area contributed by atoms with Crippen LogP contribution in [0.4, 0.5) is 4.39 Å². The van der Waals surface area contributed by atoms with Crippen LogP contribution < -0.4 is 4.74 Å². The Bertz CT molecular complexity index is 1170. The minimum Gasteiger partial charge on any atom is -0.457 e. The van der Waals surface area contributed by atoms with Crippen molar-refractivity contribution in [1.29, 1.82) is 0 Å². The van der Waals surface area contributed by atoms with Gasteiger partial charge in [0.1, 0.15) is 22.6 Å². The van der Waals surface area contributed by atoms with E-state index in [1.807, 2.05) is 0 Å². The SMILES string of the molecule is O=C(c1cccc(Oc2ccc(F)cc2)c1)N1CC(S(=O)(=O)c2ccc(Cl)cc2)C1. The van der Waals surface area contributed by atoms with E-state index in [4.69, 9.17) is 16.3 Å². The van der Waals surface area contributed by atoms with Gasteiger partial charge in [0.05, 0.1) is 4.90 Å². The van der Waals surface area contributed by atoms with Crippen LogP contribution in [0.2, 0.25) is 5.02 Å². The third-order valence-electron chi connectivity index (χ3n) is 4.85. The Labute approximate surface area is 178 Å². The molecule has 1 amide bonds. The molecule has 0 aromatic heterocycles. The predicted octanol–water partition coefficient (Wildman–Crippen LogP) is 4.57. The van der Waals surface area contributed by atoms with Crippen molar-refractivity contribution in [3.8, 4) is 11.5 Å². The van der Waals surface area contributed by atoms with Gasteiger partial charge in [-0.25, -0.2) is 12.8 Å². The maximum Gasteiger partial charge on any atom is 0.254 e. The van der Waals surface area contributed by atoms with Crippen molar-refractivity contribution in [2.24, 2.45) is 0 Å². The smallest absolute Gasteiger partial charge is 0.254 e. The molecule has 0 saturated carbocycles. The van der Waals surface area contributed by atoms with Crippen LogP contribution in [0.1, 0.15) is 10.4 Å². The summed E-state index contributed by atoms with van der Waals surface area (Å²) in [6.07, 6.45) is 0. The van der Waals surface area contributed by atoms with Crippen LogP contribution in [0.25, 0.3) is 0 Å². The average molecular weight is 446 g/mol. The number of sulfone groups is 1. The lowest BCUT2D eigenvalue weighted by molar-refractivity contribution is 0.0658. The first kappa shape index (κ1) is 20.4. The normalized spacial score (nSPS) is 14.3. The van der Waals surface area contributed by atoms with Crippen LogP contribution in [0.15, 0.2) is 77.7 Å². The molecule has 0 aliphatic carbocycles. The molecule has 0 unspecified atom stereocenters. The molecule has 3 aromatic rings. The second-order valence-electron chi connectivity index (χ2n) is 6.91. The molecular weight excluding hydrogens is 429 g/mol. The molecule has 5 nitrogen and oxygen atoms in total. The maximum atomic E-state index is 13.0. The highest BCUT2D eigenvalue weighted by atomic mass is 35.5. The Hall–Kier alpha value is -2.90. The predicted molar refractivity (Wildman–Crippen MR) is 111 cm³/mol. The standard InChI is InChI=1S/C22H17ClFNO4S/c23-16-4-10-20(11-5-16)30(27,28)21-13-25(14-21)22(26)15-2-1-3-19(12-15)29-18-8-6-17(24)7-9-18/h1-12,21H,13-14H2. The topological polar surface area (TPSA) is 63.7 Å². The van der Waals surface area contributed by atoms with Gasteiger partial charge in [-0.1, -0.05) is 17.7 Å². The van der Waals surface area contributed by atoms with Gasteiger partial charge in [0, 0.05) is 23.7 Å². The van der Waals surface area contributed by atoms with E-state index in [0.717, 1.165) is 0 Å². The zero-order valence-corrected chi connectivity index (χ0v) is 17.2. The average Bonchev–Trinajstić information content (AvgIpc) is 2.69. The summed E-state index contributed by atoms with van der Waals surface area (Å²) in [6, 6.07) is 18.1. The van der Waals surface area contributed by atoms with E-state index in [9.17, 15) is 17.6 Å². The van der Waals surface area contributed by atoms with E-state index in [0.29, 0.717) is 22.1 Å². The van der Waals surface area contributed by atoms with Crippen LogP contribution in [-0.2, 0) is 9.84 Å². The zero-order valence-electron chi connectivity index (χ0n) is 15.7. The fraction of sp³-hybridized carbons (Fsp3) is 0.136. The second kappa shape index (κ2) is 8.08. The van der Waals surface area contributed by atoms with E-state index >= 15 is 0 Å². The summed E-state index contributed by atoms with van der Waals surface area (Å²) in [5.41, 5.74) is 0.386. The monoisotopic (exact) mass is 445 g/mol. The van der Waals surface area contributed by atoms with Crippen molar-refractivity contribution in [1.82, 2.24) is 4.90 Å². The number of likely N-dealkylation sites (tertiary alicyclic amines) is 1. The first-order valence-electron chi connectivity index (χ1n) is 9.15. The van der Waals surface area contributed by atoms with E-state index in [-0.39, 0.29) is 29.7 Å². The highest BCUT2D eigenvalue weighted by molar-refractivity contribution is 7.92. The van der Waals surface area contributed by atoms with Crippen LogP contribution >= 0.6 is 11.6 Å². The number of rotatable bonds is 5. The van der Waals surface area contributed by atoms with Crippen molar-refractivity contribution < 1.29 is 22.3 Å². The molecule has 3 aromatic carbocycles. The Kier molecular flexibility index (Phi) is 5.49. The van der Waals surface area contributed by atoms with Gasteiger partial charge in [0.2, 0.25) is 0 Å². The van der Waals surface area contributed by atoms with E-state index in [1.54, 1.807) is 24.3 Å². The fourth-order valence-electron chi connectivity index (χ4n) is 3.13. The van der Waals surface area contributed by atoms with E-state index < -0.39 is 15.1 Å². The first-order chi connectivity index (χ1) is 14.3. The molecule has 30 heavy (non-hydrogen) atoms. The Morgan fingerprint density at radius 2 is 1.63 bits per heavy atom. The summed E-state index contributed by atoms with van der Waals surface area (Å²) in [4.78, 5) is 14.4. The van der Waals surface area contributed by atoms with Gasteiger partial charge >= 0.3 is 0 Å². The Balaban J connectivity index is 1.42. The largest absolute Gasteiger partial charge is 0.457 e. The molecule has 1 saturated heterocycles. The number of ether oxygens (including phenoxy) is 1. The summed E-state index contributed by atoms with van der Waals surface area (Å²) in [5.74, 6) is 0.228. The number of nitrogens with zero attached hydrogens (tertiary/aromatic N) is 1. The summed E-state index contributed by atoms with van der Waals surface area (Å²) in [5, 5.41) is -0.191. The Morgan fingerprint density at radius 1 is 0.967 bits per heavy atom. The van der Waals surface area contributed by atoms with Crippen LogP contribution in [0.3, 0.4) is 0 Å². The van der Waals surface area contributed by atoms with Crippen LogP contribution in [0, 0.1) is 5.82 Å². The number of carbonyl (C=O) groups is 1. The van der Waals surface area contributed by atoms with Gasteiger partial charge in [0.15, 0.2) is 9.84 Å². The lowest BCUT2D eigenvalue weighted by Crippen LogP contribution is -2.56. The minimum absolute atomic E-state index is 0.118. The Morgan fingerprint density at radius 3 is 2.30 bits per heavy atom. The van der Waals surface area contributed by atoms with Crippen LogP contribution in [-0.4, -0.2) is 37.6 Å². The number of carbonyl (C=O) groups excluding carboxylic acids is 1. The zero-order chi connectivity index (χ0) is 21.3. The lowest BCUT2D eigenvalue weighted by atomic mass is 10.1. The molecule has 1 fully saturated rings. The number of hydrogen-bond acceptors (Lipinski definition) is 4. The molecule has 4 rings (SSSR count). The summed E-state index contributed by atoms with van der Waals surface area (Å²) < 4.78 is 44.0.